The molecule has 10 heteroatoms. The standard InChI is InChI=1S/C19H16ClN2O5PS/c1-3-21(15-6-4-5-7-16(15)22(24)25)19(23)18(28(2,26)27)14-11-29-17-9-8-12(20)10-13(14)17/h3-11,18H,1H2,2H3,(H,26,27). The van der Waals surface area contributed by atoms with Crippen molar-refractivity contribution in [3.05, 3.63) is 81.3 Å². The van der Waals surface area contributed by atoms with Crippen LogP contribution in [0.25, 0.3) is 10.1 Å². The molecule has 0 aliphatic heterocycles. The molecule has 0 aliphatic rings. The Morgan fingerprint density at radius 1 is 1.38 bits per heavy atom. The molecule has 3 rings (SSSR count). The second-order valence-electron chi connectivity index (χ2n) is 6.31. The zero-order valence-corrected chi connectivity index (χ0v) is 17.7. The predicted octanol–water partition coefficient (Wildman–Crippen LogP) is 5.58. The maximum absolute atomic E-state index is 13.4. The van der Waals surface area contributed by atoms with E-state index in [2.05, 4.69) is 6.58 Å². The van der Waals surface area contributed by atoms with Gasteiger partial charge in [0.2, 0.25) is 13.3 Å². The number of nitro groups is 1. The minimum Gasteiger partial charge on any atom is -0.344 e. The third-order valence-corrected chi connectivity index (χ3v) is 7.01. The van der Waals surface area contributed by atoms with Crippen molar-refractivity contribution in [2.45, 2.75) is 5.66 Å². The SMILES string of the molecule is C=CN(C(=O)C(c1csc2ccc(Cl)cc12)P(C)(=O)O)c1ccccc1[N+](=O)[O-]. The van der Waals surface area contributed by atoms with Crippen LogP contribution in [-0.4, -0.2) is 22.4 Å². The molecule has 2 unspecified atom stereocenters. The lowest BCUT2D eigenvalue weighted by molar-refractivity contribution is -0.384. The molecule has 0 saturated carbocycles. The second kappa shape index (κ2) is 8.08. The molecule has 0 saturated heterocycles. The zero-order chi connectivity index (χ0) is 21.3. The minimum atomic E-state index is -4.01. The number of hydrogen-bond acceptors (Lipinski definition) is 5. The summed E-state index contributed by atoms with van der Waals surface area (Å²) < 4.78 is 13.6. The first-order valence-corrected chi connectivity index (χ1v) is 11.7. The van der Waals surface area contributed by atoms with Crippen LogP contribution >= 0.6 is 30.3 Å². The lowest BCUT2D eigenvalue weighted by atomic mass is 10.1. The van der Waals surface area contributed by atoms with E-state index in [1.54, 1.807) is 23.6 Å². The van der Waals surface area contributed by atoms with E-state index in [0.717, 1.165) is 22.5 Å². The number of amides is 1. The fraction of sp³-hybridized carbons (Fsp3) is 0.105. The largest absolute Gasteiger partial charge is 0.344 e. The first-order chi connectivity index (χ1) is 13.6. The topological polar surface area (TPSA) is 101 Å². The highest BCUT2D eigenvalue weighted by Gasteiger charge is 2.40. The molecule has 0 bridgehead atoms. The van der Waals surface area contributed by atoms with Crippen molar-refractivity contribution in [1.82, 2.24) is 0 Å². The molecular formula is C19H16ClN2O5PS. The van der Waals surface area contributed by atoms with Crippen LogP contribution in [-0.2, 0) is 9.36 Å². The summed E-state index contributed by atoms with van der Waals surface area (Å²) in [5.74, 6) is -0.790. The van der Waals surface area contributed by atoms with Gasteiger partial charge < -0.3 is 4.89 Å². The van der Waals surface area contributed by atoms with Gasteiger partial charge >= 0.3 is 0 Å². The number of hydrogen-bond donors (Lipinski definition) is 1. The van der Waals surface area contributed by atoms with Gasteiger partial charge in [0.1, 0.15) is 11.3 Å². The van der Waals surface area contributed by atoms with Crippen molar-refractivity contribution in [2.24, 2.45) is 0 Å². The number of anilines is 1. The van der Waals surface area contributed by atoms with Crippen LogP contribution in [0.1, 0.15) is 11.2 Å². The first-order valence-electron chi connectivity index (χ1n) is 8.30. The van der Waals surface area contributed by atoms with E-state index in [-0.39, 0.29) is 11.4 Å². The molecular weight excluding hydrogens is 435 g/mol. The van der Waals surface area contributed by atoms with E-state index in [1.807, 2.05) is 0 Å². The summed E-state index contributed by atoms with van der Waals surface area (Å²) >= 11 is 7.39. The fourth-order valence-electron chi connectivity index (χ4n) is 3.09. The Balaban J connectivity index is 2.18. The van der Waals surface area contributed by atoms with Gasteiger partial charge in [0.15, 0.2) is 0 Å². The molecule has 3 aromatic rings. The summed E-state index contributed by atoms with van der Waals surface area (Å²) in [5, 5.41) is 14.0. The molecule has 1 heterocycles. The first kappa shape index (κ1) is 21.2. The van der Waals surface area contributed by atoms with Crippen molar-refractivity contribution in [3.63, 3.8) is 0 Å². The molecule has 2 atom stereocenters. The molecule has 150 valence electrons. The maximum atomic E-state index is 13.4. The minimum absolute atomic E-state index is 0.0338. The molecule has 1 aromatic heterocycles. The number of rotatable bonds is 6. The van der Waals surface area contributed by atoms with Crippen LogP contribution in [0.4, 0.5) is 11.4 Å². The number of benzene rings is 2. The second-order valence-corrected chi connectivity index (χ2v) is 10.1. The molecule has 29 heavy (non-hydrogen) atoms. The lowest BCUT2D eigenvalue weighted by Gasteiger charge is -2.25. The predicted molar refractivity (Wildman–Crippen MR) is 116 cm³/mol. The molecule has 0 radical (unpaired) electrons. The number of halogens is 1. The highest BCUT2D eigenvalue weighted by Crippen LogP contribution is 2.56. The highest BCUT2D eigenvalue weighted by atomic mass is 35.5. The smallest absolute Gasteiger partial charge is 0.293 e. The van der Waals surface area contributed by atoms with Gasteiger partial charge in [-0.3, -0.25) is 24.4 Å². The summed E-state index contributed by atoms with van der Waals surface area (Å²) in [5.41, 5.74) is -1.45. The quantitative estimate of drug-likeness (QED) is 0.300. The molecule has 7 nitrogen and oxygen atoms in total. The average Bonchev–Trinajstić information content (AvgIpc) is 3.04. The number of fused-ring (bicyclic) bond motifs is 1. The van der Waals surface area contributed by atoms with Gasteiger partial charge in [0.25, 0.3) is 5.69 Å². The van der Waals surface area contributed by atoms with Crippen molar-refractivity contribution in [2.75, 3.05) is 11.6 Å². The number of nitrogens with zero attached hydrogens (tertiary/aromatic N) is 2. The average molecular weight is 451 g/mol. The molecule has 0 fully saturated rings. The van der Waals surface area contributed by atoms with Crippen LogP contribution in [0.5, 0.6) is 0 Å². The number of thiophene rings is 1. The highest BCUT2D eigenvalue weighted by molar-refractivity contribution is 7.58. The van der Waals surface area contributed by atoms with E-state index in [1.165, 1.54) is 35.6 Å². The monoisotopic (exact) mass is 450 g/mol. The van der Waals surface area contributed by atoms with Crippen molar-refractivity contribution in [1.29, 1.82) is 0 Å². The summed E-state index contributed by atoms with van der Waals surface area (Å²) in [6.45, 7) is 4.66. The Morgan fingerprint density at radius 3 is 2.69 bits per heavy atom. The van der Waals surface area contributed by atoms with Gasteiger partial charge in [-0.1, -0.05) is 30.3 Å². The van der Waals surface area contributed by atoms with Gasteiger partial charge in [-0.15, -0.1) is 11.3 Å². The number of carbonyl (C=O) groups is 1. The molecule has 0 aliphatic carbocycles. The van der Waals surface area contributed by atoms with Gasteiger partial charge in [-0.2, -0.15) is 0 Å². The number of nitro benzene ring substituents is 1. The van der Waals surface area contributed by atoms with Crippen LogP contribution < -0.4 is 4.90 Å². The summed E-state index contributed by atoms with van der Waals surface area (Å²) in [7, 11) is -4.01. The summed E-state index contributed by atoms with van der Waals surface area (Å²) in [4.78, 5) is 35.5. The Labute approximate surface area is 175 Å². The Hall–Kier alpha value is -2.51. The van der Waals surface area contributed by atoms with E-state index < -0.39 is 23.9 Å². The van der Waals surface area contributed by atoms with Crippen molar-refractivity contribution >= 4 is 57.7 Å². The van der Waals surface area contributed by atoms with Crippen molar-refractivity contribution in [3.8, 4) is 0 Å². The Bertz CT molecular complexity index is 1170. The van der Waals surface area contributed by atoms with Gasteiger partial charge in [0, 0.05) is 28.7 Å². The van der Waals surface area contributed by atoms with Crippen LogP contribution in [0, 0.1) is 10.1 Å². The van der Waals surface area contributed by atoms with E-state index in [9.17, 15) is 24.4 Å². The van der Waals surface area contributed by atoms with E-state index in [0.29, 0.717) is 16.0 Å². The van der Waals surface area contributed by atoms with Crippen LogP contribution in [0.3, 0.4) is 0 Å². The van der Waals surface area contributed by atoms with Crippen molar-refractivity contribution < 1.29 is 19.2 Å². The lowest BCUT2D eigenvalue weighted by Crippen LogP contribution is -2.31. The van der Waals surface area contributed by atoms with Crippen LogP contribution in [0.15, 0.2) is 60.6 Å². The molecule has 1 amide bonds. The maximum Gasteiger partial charge on any atom is 0.293 e. The molecule has 0 spiro atoms. The van der Waals surface area contributed by atoms with Gasteiger partial charge in [-0.05, 0) is 40.6 Å². The van der Waals surface area contributed by atoms with Gasteiger partial charge in [0.05, 0.1) is 4.92 Å². The summed E-state index contributed by atoms with van der Waals surface area (Å²) in [6, 6.07) is 10.7. The normalized spacial score (nSPS) is 14.2. The zero-order valence-electron chi connectivity index (χ0n) is 15.2. The summed E-state index contributed by atoms with van der Waals surface area (Å²) in [6.07, 6.45) is 1.11. The fourth-order valence-corrected chi connectivity index (χ4v) is 5.59. The molecule has 1 N–H and O–H groups in total. The van der Waals surface area contributed by atoms with E-state index in [4.69, 9.17) is 11.6 Å². The van der Waals surface area contributed by atoms with E-state index >= 15 is 0 Å². The third-order valence-electron chi connectivity index (χ3n) is 4.33. The number of carbonyl (C=O) groups excluding carboxylic acids is 1. The van der Waals surface area contributed by atoms with Crippen LogP contribution in [0.2, 0.25) is 5.02 Å². The molecule has 2 aromatic carbocycles. The Morgan fingerprint density at radius 2 is 2.07 bits per heavy atom. The number of para-hydroxylation sites is 2. The third kappa shape index (κ3) is 4.11. The van der Waals surface area contributed by atoms with Gasteiger partial charge in [-0.25, -0.2) is 0 Å². The Kier molecular flexibility index (Phi) is 5.91.